The van der Waals surface area contributed by atoms with Gasteiger partial charge in [-0.3, -0.25) is 0 Å². The molecule has 5 heterocycles. The van der Waals surface area contributed by atoms with Gasteiger partial charge in [-0.05, 0) is 60.0 Å². The molecule has 0 unspecified atom stereocenters. The van der Waals surface area contributed by atoms with Gasteiger partial charge < -0.3 is 20.4 Å². The SMILES string of the molecule is c1cc(-c2c[nH]c3nccc(Oc4ccc5c(c4)CNCC5)c23)cc(NCc2nccs2)n1. The molecule has 7 nitrogen and oxygen atoms in total. The molecule has 6 rings (SSSR count). The molecule has 1 aliphatic rings. The van der Waals surface area contributed by atoms with Crippen LogP contribution in [-0.4, -0.2) is 26.5 Å². The third kappa shape index (κ3) is 4.06. The fraction of sp³-hybridized carbons (Fsp3) is 0.160. The molecule has 3 N–H and O–H groups in total. The van der Waals surface area contributed by atoms with Crippen molar-refractivity contribution in [1.29, 1.82) is 0 Å². The monoisotopic (exact) mass is 454 g/mol. The lowest BCUT2D eigenvalue weighted by Crippen LogP contribution is -2.23. The van der Waals surface area contributed by atoms with Gasteiger partial charge in [-0.1, -0.05) is 6.07 Å². The Bertz CT molecular complexity index is 1410. The van der Waals surface area contributed by atoms with Crippen molar-refractivity contribution < 1.29 is 4.74 Å². The van der Waals surface area contributed by atoms with Crippen LogP contribution in [0.3, 0.4) is 0 Å². The highest BCUT2D eigenvalue weighted by Gasteiger charge is 2.15. The van der Waals surface area contributed by atoms with Crippen LogP contribution in [0.25, 0.3) is 22.2 Å². The summed E-state index contributed by atoms with van der Waals surface area (Å²) in [6, 6.07) is 12.3. The van der Waals surface area contributed by atoms with Crippen LogP contribution in [0.5, 0.6) is 11.5 Å². The molecular formula is C25H22N6OS. The minimum atomic E-state index is 0.644. The van der Waals surface area contributed by atoms with Gasteiger partial charge in [0.15, 0.2) is 0 Å². The molecule has 0 spiro atoms. The molecular weight excluding hydrogens is 432 g/mol. The molecule has 0 saturated heterocycles. The second kappa shape index (κ2) is 8.65. The molecule has 0 fully saturated rings. The van der Waals surface area contributed by atoms with E-state index in [1.54, 1.807) is 17.5 Å². The number of hydrogen-bond donors (Lipinski definition) is 3. The zero-order chi connectivity index (χ0) is 22.0. The quantitative estimate of drug-likeness (QED) is 0.330. The van der Waals surface area contributed by atoms with E-state index in [0.717, 1.165) is 64.0 Å². The Morgan fingerprint density at radius 2 is 1.97 bits per heavy atom. The van der Waals surface area contributed by atoms with Gasteiger partial charge in [0.25, 0.3) is 0 Å². The number of fused-ring (bicyclic) bond motifs is 2. The van der Waals surface area contributed by atoms with Crippen LogP contribution in [0.1, 0.15) is 16.1 Å². The Hall–Kier alpha value is -3.75. The molecule has 1 aromatic carbocycles. The third-order valence-electron chi connectivity index (χ3n) is 5.80. The van der Waals surface area contributed by atoms with Gasteiger partial charge >= 0.3 is 0 Å². The Kier molecular flexibility index (Phi) is 5.22. The predicted molar refractivity (Wildman–Crippen MR) is 131 cm³/mol. The minimum Gasteiger partial charge on any atom is -0.457 e. The van der Waals surface area contributed by atoms with Gasteiger partial charge in [0.05, 0.1) is 11.9 Å². The molecule has 0 saturated carbocycles. The largest absolute Gasteiger partial charge is 0.457 e. The summed E-state index contributed by atoms with van der Waals surface area (Å²) < 4.78 is 6.38. The normalized spacial score (nSPS) is 13.1. The molecule has 8 heteroatoms. The number of rotatable bonds is 6. The first-order chi connectivity index (χ1) is 16.3. The van der Waals surface area contributed by atoms with Gasteiger partial charge in [-0.2, -0.15) is 0 Å². The summed E-state index contributed by atoms with van der Waals surface area (Å²) in [6.07, 6.45) is 8.42. The molecule has 4 aromatic heterocycles. The number of thiazole rings is 1. The van der Waals surface area contributed by atoms with E-state index in [-0.39, 0.29) is 0 Å². The number of aromatic amines is 1. The molecule has 0 aliphatic carbocycles. The molecule has 0 atom stereocenters. The summed E-state index contributed by atoms with van der Waals surface area (Å²) in [7, 11) is 0. The molecule has 5 aromatic rings. The van der Waals surface area contributed by atoms with E-state index >= 15 is 0 Å². The van der Waals surface area contributed by atoms with Crippen LogP contribution < -0.4 is 15.4 Å². The van der Waals surface area contributed by atoms with Crippen LogP contribution in [-0.2, 0) is 19.5 Å². The number of pyridine rings is 2. The van der Waals surface area contributed by atoms with Crippen molar-refractivity contribution in [1.82, 2.24) is 25.3 Å². The second-order valence-electron chi connectivity index (χ2n) is 7.90. The maximum Gasteiger partial charge on any atom is 0.141 e. The summed E-state index contributed by atoms with van der Waals surface area (Å²) in [5, 5.41) is 10.7. The van der Waals surface area contributed by atoms with E-state index in [0.29, 0.717) is 6.54 Å². The number of H-pyrrole nitrogens is 1. The van der Waals surface area contributed by atoms with Gasteiger partial charge in [0, 0.05) is 42.3 Å². The van der Waals surface area contributed by atoms with E-state index in [1.165, 1.54) is 11.1 Å². The van der Waals surface area contributed by atoms with Crippen molar-refractivity contribution in [3.8, 4) is 22.6 Å². The maximum atomic E-state index is 6.38. The predicted octanol–water partition coefficient (Wildman–Crippen LogP) is 5.13. The minimum absolute atomic E-state index is 0.644. The average Bonchev–Trinajstić information content (AvgIpc) is 3.54. The molecule has 0 amide bonds. The molecule has 0 radical (unpaired) electrons. The Morgan fingerprint density at radius 1 is 1.00 bits per heavy atom. The van der Waals surface area contributed by atoms with Crippen molar-refractivity contribution in [3.05, 3.63) is 82.7 Å². The number of hydrogen-bond acceptors (Lipinski definition) is 7. The highest BCUT2D eigenvalue weighted by molar-refractivity contribution is 7.09. The van der Waals surface area contributed by atoms with Gasteiger partial charge in [0.1, 0.15) is 28.0 Å². The Labute approximate surface area is 194 Å². The fourth-order valence-electron chi connectivity index (χ4n) is 4.19. The second-order valence-corrected chi connectivity index (χ2v) is 8.88. The first-order valence-electron chi connectivity index (χ1n) is 10.9. The van der Waals surface area contributed by atoms with E-state index in [9.17, 15) is 0 Å². The lowest BCUT2D eigenvalue weighted by molar-refractivity contribution is 0.485. The van der Waals surface area contributed by atoms with Crippen LogP contribution in [0.4, 0.5) is 5.82 Å². The summed E-state index contributed by atoms with van der Waals surface area (Å²) >= 11 is 1.62. The molecule has 0 bridgehead atoms. The van der Waals surface area contributed by atoms with Crippen LogP contribution in [0, 0.1) is 0 Å². The van der Waals surface area contributed by atoms with Crippen LogP contribution >= 0.6 is 11.3 Å². The maximum absolute atomic E-state index is 6.38. The zero-order valence-corrected chi connectivity index (χ0v) is 18.7. The summed E-state index contributed by atoms with van der Waals surface area (Å²) in [4.78, 5) is 16.6. The first kappa shape index (κ1) is 19.9. The van der Waals surface area contributed by atoms with Gasteiger partial charge in [-0.15, -0.1) is 11.3 Å². The van der Waals surface area contributed by atoms with Crippen molar-refractivity contribution in [3.63, 3.8) is 0 Å². The lowest BCUT2D eigenvalue weighted by Gasteiger charge is -2.18. The number of benzene rings is 1. The van der Waals surface area contributed by atoms with E-state index in [1.807, 2.05) is 42.2 Å². The standard InChI is InChI=1S/C25H22N6OS/c1-2-19(11-18-13-26-6-3-16(1)18)32-21-5-8-29-25-24(21)20(14-31-25)17-4-7-27-22(12-17)30-15-23-28-9-10-33-23/h1-2,4-5,7-12,14,26H,3,6,13,15H2,(H,27,30)(H,29,31). The van der Waals surface area contributed by atoms with Crippen molar-refractivity contribution in [2.75, 3.05) is 11.9 Å². The Morgan fingerprint density at radius 3 is 2.91 bits per heavy atom. The van der Waals surface area contributed by atoms with Gasteiger partial charge in [-0.25, -0.2) is 15.0 Å². The highest BCUT2D eigenvalue weighted by Crippen LogP contribution is 2.37. The van der Waals surface area contributed by atoms with E-state index in [4.69, 9.17) is 4.74 Å². The van der Waals surface area contributed by atoms with Crippen molar-refractivity contribution in [2.45, 2.75) is 19.5 Å². The van der Waals surface area contributed by atoms with Crippen molar-refractivity contribution in [2.24, 2.45) is 0 Å². The highest BCUT2D eigenvalue weighted by atomic mass is 32.1. The summed E-state index contributed by atoms with van der Waals surface area (Å²) in [5.41, 5.74) is 5.52. The van der Waals surface area contributed by atoms with Crippen LogP contribution in [0.2, 0.25) is 0 Å². The average molecular weight is 455 g/mol. The number of nitrogens with zero attached hydrogens (tertiary/aromatic N) is 3. The van der Waals surface area contributed by atoms with Crippen molar-refractivity contribution >= 4 is 28.2 Å². The molecule has 1 aliphatic heterocycles. The molecule has 33 heavy (non-hydrogen) atoms. The lowest BCUT2D eigenvalue weighted by atomic mass is 10.0. The topological polar surface area (TPSA) is 87.8 Å². The number of aromatic nitrogens is 4. The fourth-order valence-corrected chi connectivity index (χ4v) is 4.74. The van der Waals surface area contributed by atoms with E-state index in [2.05, 4.69) is 48.8 Å². The van der Waals surface area contributed by atoms with Crippen LogP contribution in [0.15, 0.2) is 66.6 Å². The Balaban J connectivity index is 1.32. The smallest absolute Gasteiger partial charge is 0.141 e. The third-order valence-corrected chi connectivity index (χ3v) is 6.58. The van der Waals surface area contributed by atoms with Gasteiger partial charge in [0.2, 0.25) is 0 Å². The zero-order valence-electron chi connectivity index (χ0n) is 17.8. The van der Waals surface area contributed by atoms with E-state index < -0.39 is 0 Å². The number of ether oxygens (including phenoxy) is 1. The summed E-state index contributed by atoms with van der Waals surface area (Å²) in [6.45, 7) is 2.55. The summed E-state index contributed by atoms with van der Waals surface area (Å²) in [5.74, 6) is 2.40. The number of anilines is 1. The molecule has 164 valence electrons. The number of nitrogens with one attached hydrogen (secondary N) is 3. The first-order valence-corrected chi connectivity index (χ1v) is 11.8.